The number of ether oxygens (including phenoxy) is 1. The second-order valence-corrected chi connectivity index (χ2v) is 8.88. The Labute approximate surface area is 192 Å². The molecule has 168 valence electrons. The molecule has 0 saturated heterocycles. The summed E-state index contributed by atoms with van der Waals surface area (Å²) in [6.45, 7) is 4.17. The summed E-state index contributed by atoms with van der Waals surface area (Å²) in [6.07, 6.45) is 6.04. The van der Waals surface area contributed by atoms with E-state index >= 15 is 0 Å². The van der Waals surface area contributed by atoms with Crippen LogP contribution in [0.3, 0.4) is 0 Å². The number of benzene rings is 1. The average molecular weight is 455 g/mol. The maximum Gasteiger partial charge on any atom is 0.340 e. The lowest BCUT2D eigenvalue weighted by atomic mass is 10.00. The Balaban J connectivity index is 1.76. The molecule has 0 radical (unpaired) electrons. The van der Waals surface area contributed by atoms with E-state index in [0.717, 1.165) is 18.8 Å². The first-order valence-corrected chi connectivity index (χ1v) is 11.3. The van der Waals surface area contributed by atoms with E-state index in [1.807, 2.05) is 6.07 Å². The molecule has 2 heterocycles. The highest BCUT2D eigenvalue weighted by molar-refractivity contribution is 6.32. The fraction of sp³-hybridized carbons (Fsp3) is 0.417. The summed E-state index contributed by atoms with van der Waals surface area (Å²) in [7, 11) is 1.74. The van der Waals surface area contributed by atoms with Crippen LogP contribution >= 0.6 is 11.6 Å². The fourth-order valence-electron chi connectivity index (χ4n) is 3.72. The summed E-state index contributed by atoms with van der Waals surface area (Å²) >= 11 is 6.47. The van der Waals surface area contributed by atoms with Gasteiger partial charge in [0, 0.05) is 24.5 Å². The maximum absolute atomic E-state index is 12.9. The number of nitrogens with one attached hydrogen (secondary N) is 1. The van der Waals surface area contributed by atoms with Crippen molar-refractivity contribution >= 4 is 34.4 Å². The van der Waals surface area contributed by atoms with Gasteiger partial charge in [0.1, 0.15) is 10.8 Å². The highest BCUT2D eigenvalue weighted by atomic mass is 35.5. The number of rotatable bonds is 8. The largest absolute Gasteiger partial charge is 0.459 e. The number of esters is 1. The second kappa shape index (κ2) is 9.28. The topological polar surface area (TPSA) is 86.1 Å². The average Bonchev–Trinajstić information content (AvgIpc) is 3.53. The molecule has 1 N–H and O–H groups in total. The molecule has 0 aliphatic heterocycles. The molecule has 2 aromatic heterocycles. The van der Waals surface area contributed by atoms with Crippen LogP contribution in [-0.2, 0) is 11.8 Å². The van der Waals surface area contributed by atoms with Gasteiger partial charge in [-0.2, -0.15) is 5.10 Å². The van der Waals surface area contributed by atoms with Crippen molar-refractivity contribution in [2.75, 3.05) is 6.54 Å². The van der Waals surface area contributed by atoms with Crippen LogP contribution in [0.25, 0.3) is 22.0 Å². The molecule has 1 aromatic carbocycles. The number of carbonyl (C=O) groups is 2. The SMILES string of the molecule is CC(C)OC(=O)c1cccc2c(-c3cnn(C)c3Cl)cc(C(=O)NCCCC3CC3)nc12. The van der Waals surface area contributed by atoms with Crippen molar-refractivity contribution in [3.63, 3.8) is 0 Å². The summed E-state index contributed by atoms with van der Waals surface area (Å²) in [5, 5.41) is 8.31. The van der Waals surface area contributed by atoms with Gasteiger partial charge in [-0.25, -0.2) is 9.78 Å². The van der Waals surface area contributed by atoms with Gasteiger partial charge < -0.3 is 10.1 Å². The minimum atomic E-state index is -0.483. The van der Waals surface area contributed by atoms with Crippen LogP contribution in [0.1, 0.15) is 60.4 Å². The number of hydrogen-bond donors (Lipinski definition) is 1. The Morgan fingerprint density at radius 1 is 1.28 bits per heavy atom. The van der Waals surface area contributed by atoms with Gasteiger partial charge in [0.05, 0.1) is 23.4 Å². The molecule has 1 aliphatic carbocycles. The predicted octanol–water partition coefficient (Wildman–Crippen LogP) is 4.77. The van der Waals surface area contributed by atoms with Gasteiger partial charge in [-0.15, -0.1) is 0 Å². The Bertz CT molecular complexity index is 1170. The van der Waals surface area contributed by atoms with E-state index < -0.39 is 5.97 Å². The van der Waals surface area contributed by atoms with Gasteiger partial charge in [0.2, 0.25) is 0 Å². The van der Waals surface area contributed by atoms with Crippen LogP contribution in [0.2, 0.25) is 5.15 Å². The number of aryl methyl sites for hydroxylation is 1. The van der Waals surface area contributed by atoms with Crippen LogP contribution in [0, 0.1) is 5.92 Å². The van der Waals surface area contributed by atoms with Gasteiger partial charge in [0.25, 0.3) is 5.91 Å². The van der Waals surface area contributed by atoms with Crippen LogP contribution in [-0.4, -0.2) is 39.3 Å². The van der Waals surface area contributed by atoms with E-state index in [1.165, 1.54) is 12.8 Å². The molecule has 0 bridgehead atoms. The lowest BCUT2D eigenvalue weighted by molar-refractivity contribution is 0.0380. The second-order valence-electron chi connectivity index (χ2n) is 8.53. The van der Waals surface area contributed by atoms with Crippen LogP contribution in [0.15, 0.2) is 30.5 Å². The molecule has 1 amide bonds. The number of para-hydroxylation sites is 1. The Hall–Kier alpha value is -2.93. The molecule has 7 nitrogen and oxygen atoms in total. The van der Waals surface area contributed by atoms with Gasteiger partial charge in [-0.05, 0) is 50.3 Å². The Kier molecular flexibility index (Phi) is 6.46. The Morgan fingerprint density at radius 2 is 2.06 bits per heavy atom. The first kappa shape index (κ1) is 22.3. The van der Waals surface area contributed by atoms with Crippen molar-refractivity contribution in [1.29, 1.82) is 0 Å². The molecule has 0 unspecified atom stereocenters. The number of carbonyl (C=O) groups excluding carboxylic acids is 2. The smallest absolute Gasteiger partial charge is 0.340 e. The quantitative estimate of drug-likeness (QED) is 0.391. The zero-order chi connectivity index (χ0) is 22.8. The third-order valence-electron chi connectivity index (χ3n) is 5.56. The number of halogens is 1. The molecule has 0 spiro atoms. The zero-order valence-electron chi connectivity index (χ0n) is 18.5. The van der Waals surface area contributed by atoms with Crippen LogP contribution < -0.4 is 5.32 Å². The number of pyridine rings is 1. The van der Waals surface area contributed by atoms with E-state index in [4.69, 9.17) is 16.3 Å². The number of hydrogen-bond acceptors (Lipinski definition) is 5. The fourth-order valence-corrected chi connectivity index (χ4v) is 3.92. The zero-order valence-corrected chi connectivity index (χ0v) is 19.3. The van der Waals surface area contributed by atoms with E-state index in [2.05, 4.69) is 15.4 Å². The molecule has 1 aliphatic rings. The summed E-state index contributed by atoms with van der Waals surface area (Å²) in [5.41, 5.74) is 2.29. The number of aromatic nitrogens is 3. The van der Waals surface area contributed by atoms with E-state index in [9.17, 15) is 9.59 Å². The lowest BCUT2D eigenvalue weighted by Crippen LogP contribution is -2.25. The van der Waals surface area contributed by atoms with Gasteiger partial charge in [0.15, 0.2) is 0 Å². The van der Waals surface area contributed by atoms with Gasteiger partial charge >= 0.3 is 5.97 Å². The summed E-state index contributed by atoms with van der Waals surface area (Å²) in [4.78, 5) is 30.3. The van der Waals surface area contributed by atoms with Crippen molar-refractivity contribution in [3.05, 3.63) is 46.9 Å². The number of nitrogens with zero attached hydrogens (tertiary/aromatic N) is 3. The van der Waals surface area contributed by atoms with E-state index in [1.54, 1.807) is 50.0 Å². The van der Waals surface area contributed by atoms with Crippen molar-refractivity contribution < 1.29 is 14.3 Å². The predicted molar refractivity (Wildman–Crippen MR) is 124 cm³/mol. The molecule has 0 atom stereocenters. The third kappa shape index (κ3) is 4.78. The Morgan fingerprint density at radius 3 is 2.72 bits per heavy atom. The minimum absolute atomic E-state index is 0.226. The van der Waals surface area contributed by atoms with Crippen molar-refractivity contribution in [2.24, 2.45) is 13.0 Å². The normalized spacial score (nSPS) is 13.5. The van der Waals surface area contributed by atoms with Crippen LogP contribution in [0.4, 0.5) is 0 Å². The number of fused-ring (bicyclic) bond motifs is 1. The molecule has 3 aromatic rings. The highest BCUT2D eigenvalue weighted by Crippen LogP contribution is 2.35. The molecule has 32 heavy (non-hydrogen) atoms. The van der Waals surface area contributed by atoms with Crippen molar-refractivity contribution in [1.82, 2.24) is 20.1 Å². The maximum atomic E-state index is 12.9. The summed E-state index contributed by atoms with van der Waals surface area (Å²) < 4.78 is 6.96. The monoisotopic (exact) mass is 454 g/mol. The number of amides is 1. The van der Waals surface area contributed by atoms with Gasteiger partial charge in [-0.3, -0.25) is 9.48 Å². The van der Waals surface area contributed by atoms with Crippen molar-refractivity contribution in [2.45, 2.75) is 45.6 Å². The molecule has 4 rings (SSSR count). The molecular formula is C24H27ClN4O3. The highest BCUT2D eigenvalue weighted by Gasteiger charge is 2.22. The lowest BCUT2D eigenvalue weighted by Gasteiger charge is -2.13. The molecule has 8 heteroatoms. The standard InChI is InChI=1S/C24H27ClN4O3/c1-14(2)32-24(31)17-8-4-7-16-18(19-13-27-29(3)22(19)25)12-20(28-21(16)17)23(30)26-11-5-6-15-9-10-15/h4,7-8,12-15H,5-6,9-11H2,1-3H3,(H,26,30). The third-order valence-corrected chi connectivity index (χ3v) is 6.01. The molecular weight excluding hydrogens is 428 g/mol. The first-order chi connectivity index (χ1) is 15.3. The van der Waals surface area contributed by atoms with Gasteiger partial charge in [-0.1, -0.05) is 36.6 Å². The minimum Gasteiger partial charge on any atom is -0.459 e. The first-order valence-electron chi connectivity index (χ1n) is 11.0. The summed E-state index contributed by atoms with van der Waals surface area (Å²) in [6, 6.07) is 6.99. The molecule has 1 saturated carbocycles. The summed E-state index contributed by atoms with van der Waals surface area (Å²) in [5.74, 6) is 0.0545. The van der Waals surface area contributed by atoms with E-state index in [0.29, 0.717) is 39.3 Å². The van der Waals surface area contributed by atoms with E-state index in [-0.39, 0.29) is 17.7 Å². The van der Waals surface area contributed by atoms with Crippen LogP contribution in [0.5, 0.6) is 0 Å². The van der Waals surface area contributed by atoms with Crippen molar-refractivity contribution in [3.8, 4) is 11.1 Å². The molecule has 1 fully saturated rings.